The molecule has 5 rings (SSSR count). The van der Waals surface area contributed by atoms with Crippen LogP contribution in [-0.4, -0.2) is 47.3 Å². The van der Waals surface area contributed by atoms with Gasteiger partial charge in [-0.05, 0) is 42.0 Å². The molecule has 1 fully saturated rings. The second-order valence-corrected chi connectivity index (χ2v) is 9.08. The van der Waals surface area contributed by atoms with Gasteiger partial charge in [-0.3, -0.25) is 9.69 Å². The van der Waals surface area contributed by atoms with Gasteiger partial charge in [-0.1, -0.05) is 53.2 Å². The molecule has 1 aliphatic heterocycles. The maximum Gasteiger partial charge on any atom is 0.273 e. The lowest BCUT2D eigenvalue weighted by Crippen LogP contribution is -2.47. The molecule has 2 N–H and O–H groups in total. The molecule has 0 saturated carbocycles. The van der Waals surface area contributed by atoms with Crippen LogP contribution in [0, 0.1) is 5.92 Å². The number of aliphatic hydroxyl groups excluding tert-OH is 1. The summed E-state index contributed by atoms with van der Waals surface area (Å²) in [5, 5.41) is 17.0. The van der Waals surface area contributed by atoms with Gasteiger partial charge in [0.25, 0.3) is 5.91 Å². The molecule has 2 heterocycles. The Balaban J connectivity index is 1.25. The van der Waals surface area contributed by atoms with Crippen LogP contribution in [0.15, 0.2) is 47.0 Å². The lowest BCUT2D eigenvalue weighted by molar-refractivity contribution is 0.0479. The van der Waals surface area contributed by atoms with Crippen LogP contribution in [0.4, 0.5) is 0 Å². The molecule has 166 valence electrons. The first kappa shape index (κ1) is 21.2. The Morgan fingerprint density at radius 2 is 2.06 bits per heavy atom. The molecule has 32 heavy (non-hydrogen) atoms. The van der Waals surface area contributed by atoms with Crippen LogP contribution < -0.4 is 5.32 Å². The van der Waals surface area contributed by atoms with E-state index in [1.807, 2.05) is 24.3 Å². The molecule has 3 aromatic rings. The van der Waals surface area contributed by atoms with E-state index < -0.39 is 0 Å². The normalized spacial score (nSPS) is 15.7. The molecule has 7 heteroatoms. The molecule has 0 radical (unpaired) electrons. The van der Waals surface area contributed by atoms with E-state index in [-0.39, 0.29) is 12.5 Å². The molecule has 1 aromatic heterocycles. The smallest absolute Gasteiger partial charge is 0.273 e. The van der Waals surface area contributed by atoms with Gasteiger partial charge in [0.2, 0.25) is 0 Å². The molecule has 0 spiro atoms. The number of amides is 1. The van der Waals surface area contributed by atoms with Crippen LogP contribution in [0.5, 0.6) is 0 Å². The molecule has 1 saturated heterocycles. The summed E-state index contributed by atoms with van der Waals surface area (Å²) in [6, 6.07) is 14.1. The lowest BCUT2D eigenvalue weighted by Gasteiger charge is -2.38. The van der Waals surface area contributed by atoms with Gasteiger partial charge in [0.05, 0.1) is 0 Å². The number of aliphatic hydroxyl groups is 1. The van der Waals surface area contributed by atoms with Gasteiger partial charge >= 0.3 is 0 Å². The van der Waals surface area contributed by atoms with E-state index in [9.17, 15) is 9.90 Å². The maximum atomic E-state index is 12.7. The van der Waals surface area contributed by atoms with Gasteiger partial charge in [0.1, 0.15) is 0 Å². The number of hydrogen-bond donors (Lipinski definition) is 2. The van der Waals surface area contributed by atoms with Crippen molar-refractivity contribution in [2.75, 3.05) is 26.2 Å². The van der Waals surface area contributed by atoms with Gasteiger partial charge in [-0.15, -0.1) is 0 Å². The van der Waals surface area contributed by atoms with Crippen molar-refractivity contribution < 1.29 is 14.4 Å². The molecule has 1 amide bonds. The number of nitrogens with one attached hydrogen (secondary N) is 1. The van der Waals surface area contributed by atoms with Crippen LogP contribution in [0.2, 0.25) is 5.02 Å². The van der Waals surface area contributed by atoms with Crippen molar-refractivity contribution in [2.45, 2.75) is 25.8 Å². The van der Waals surface area contributed by atoms with Crippen LogP contribution in [-0.2, 0) is 25.8 Å². The van der Waals surface area contributed by atoms with Crippen molar-refractivity contribution >= 4 is 17.5 Å². The standard InChI is InChI=1S/C25H26ClN3O3/c26-22-4-2-1-3-18(22)9-10-27-25(31)23-21-8-6-19-11-16(12-29-13-17(14-29)15-30)5-7-20(19)24(21)32-28-23/h1-5,7,11,17,30H,6,8-10,12-15H2,(H,27,31). The number of benzene rings is 2. The predicted octanol–water partition coefficient (Wildman–Crippen LogP) is 3.49. The molecular weight excluding hydrogens is 426 g/mol. The third-order valence-corrected chi connectivity index (χ3v) is 6.77. The summed E-state index contributed by atoms with van der Waals surface area (Å²) in [5.41, 5.74) is 5.79. The summed E-state index contributed by atoms with van der Waals surface area (Å²) in [7, 11) is 0. The summed E-state index contributed by atoms with van der Waals surface area (Å²) in [6.45, 7) is 3.55. The molecule has 0 atom stereocenters. The van der Waals surface area contributed by atoms with Gasteiger partial charge in [-0.2, -0.15) is 0 Å². The Morgan fingerprint density at radius 1 is 1.22 bits per heavy atom. The number of fused-ring (bicyclic) bond motifs is 3. The lowest BCUT2D eigenvalue weighted by atomic mass is 9.88. The average molecular weight is 452 g/mol. The highest BCUT2D eigenvalue weighted by atomic mass is 35.5. The maximum absolute atomic E-state index is 12.7. The molecule has 1 aliphatic carbocycles. The quantitative estimate of drug-likeness (QED) is 0.575. The van der Waals surface area contributed by atoms with Crippen molar-refractivity contribution in [1.82, 2.24) is 15.4 Å². The summed E-state index contributed by atoms with van der Waals surface area (Å²) in [5.74, 6) is 0.912. The van der Waals surface area contributed by atoms with Gasteiger partial charge < -0.3 is 14.9 Å². The molecule has 0 bridgehead atoms. The minimum Gasteiger partial charge on any atom is -0.396 e. The second-order valence-electron chi connectivity index (χ2n) is 8.67. The van der Waals surface area contributed by atoms with Gasteiger partial charge in [-0.25, -0.2) is 0 Å². The average Bonchev–Trinajstić information content (AvgIpc) is 3.21. The minimum absolute atomic E-state index is 0.210. The van der Waals surface area contributed by atoms with E-state index in [0.29, 0.717) is 35.4 Å². The zero-order valence-electron chi connectivity index (χ0n) is 17.8. The molecule has 2 aromatic carbocycles. The first-order chi connectivity index (χ1) is 15.6. The molecular formula is C25H26ClN3O3. The predicted molar refractivity (Wildman–Crippen MR) is 123 cm³/mol. The number of aromatic nitrogens is 1. The highest BCUT2D eigenvalue weighted by Gasteiger charge is 2.29. The Hall–Kier alpha value is -2.67. The van der Waals surface area contributed by atoms with E-state index in [4.69, 9.17) is 16.1 Å². The largest absolute Gasteiger partial charge is 0.396 e. The number of carbonyl (C=O) groups is 1. The molecule has 2 aliphatic rings. The van der Waals surface area contributed by atoms with E-state index in [0.717, 1.165) is 49.2 Å². The number of hydrogen-bond acceptors (Lipinski definition) is 5. The van der Waals surface area contributed by atoms with Crippen molar-refractivity contribution in [2.24, 2.45) is 5.92 Å². The number of carbonyl (C=O) groups excluding carboxylic acids is 1. The van der Waals surface area contributed by atoms with Crippen molar-refractivity contribution in [1.29, 1.82) is 0 Å². The van der Waals surface area contributed by atoms with E-state index in [1.165, 1.54) is 11.1 Å². The fourth-order valence-corrected chi connectivity index (χ4v) is 4.87. The Morgan fingerprint density at radius 3 is 2.88 bits per heavy atom. The minimum atomic E-state index is -0.210. The number of nitrogens with zero attached hydrogens (tertiary/aromatic N) is 2. The third-order valence-electron chi connectivity index (χ3n) is 6.40. The number of halogens is 1. The zero-order chi connectivity index (χ0) is 22.1. The molecule has 6 nitrogen and oxygen atoms in total. The van der Waals surface area contributed by atoms with Gasteiger partial charge in [0.15, 0.2) is 11.5 Å². The van der Waals surface area contributed by atoms with Crippen LogP contribution in [0.1, 0.15) is 32.7 Å². The summed E-state index contributed by atoms with van der Waals surface area (Å²) < 4.78 is 5.63. The summed E-state index contributed by atoms with van der Waals surface area (Å²) >= 11 is 6.19. The number of likely N-dealkylation sites (tertiary alicyclic amines) is 1. The van der Waals surface area contributed by atoms with E-state index in [2.05, 4.69) is 33.6 Å². The first-order valence-electron chi connectivity index (χ1n) is 11.1. The fraction of sp³-hybridized carbons (Fsp3) is 0.360. The van der Waals surface area contributed by atoms with E-state index in [1.54, 1.807) is 0 Å². The number of aryl methyl sites for hydroxylation is 1. The van der Waals surface area contributed by atoms with Crippen molar-refractivity contribution in [3.8, 4) is 11.3 Å². The Kier molecular flexibility index (Phi) is 6.00. The van der Waals surface area contributed by atoms with Gasteiger partial charge in [0, 0.05) is 54.9 Å². The van der Waals surface area contributed by atoms with Crippen LogP contribution in [0.3, 0.4) is 0 Å². The fourth-order valence-electron chi connectivity index (χ4n) is 4.64. The van der Waals surface area contributed by atoms with Crippen LogP contribution >= 0.6 is 11.6 Å². The Labute approximate surface area is 192 Å². The SMILES string of the molecule is O=C(NCCc1ccccc1Cl)c1noc2c1CCc1cc(CN3CC(CO)C3)ccc1-2. The Bertz CT molecular complexity index is 1140. The van der Waals surface area contributed by atoms with Crippen LogP contribution in [0.25, 0.3) is 11.3 Å². The first-order valence-corrected chi connectivity index (χ1v) is 11.5. The zero-order valence-corrected chi connectivity index (χ0v) is 18.6. The molecule has 0 unspecified atom stereocenters. The monoisotopic (exact) mass is 451 g/mol. The number of rotatable bonds is 7. The third kappa shape index (κ3) is 4.18. The van der Waals surface area contributed by atoms with E-state index >= 15 is 0 Å². The topological polar surface area (TPSA) is 78.6 Å². The second kappa shape index (κ2) is 9.06. The summed E-state index contributed by atoms with van der Waals surface area (Å²) in [4.78, 5) is 15.1. The highest BCUT2D eigenvalue weighted by Crippen LogP contribution is 2.36. The van der Waals surface area contributed by atoms with Crippen molar-refractivity contribution in [3.63, 3.8) is 0 Å². The summed E-state index contributed by atoms with van der Waals surface area (Å²) in [6.07, 6.45) is 2.25. The van der Waals surface area contributed by atoms with Crippen molar-refractivity contribution in [3.05, 3.63) is 75.4 Å². The highest BCUT2D eigenvalue weighted by molar-refractivity contribution is 6.31.